The number of anilines is 1. The first-order valence-electron chi connectivity index (χ1n) is 14.2. The van der Waals surface area contributed by atoms with Gasteiger partial charge in [0, 0.05) is 55.9 Å². The van der Waals surface area contributed by atoms with E-state index in [9.17, 15) is 9.59 Å². The summed E-state index contributed by atoms with van der Waals surface area (Å²) in [6.07, 6.45) is 4.11. The highest BCUT2D eigenvalue weighted by atomic mass is 35.5. The molecule has 6 heteroatoms. The van der Waals surface area contributed by atoms with Crippen molar-refractivity contribution < 1.29 is 9.59 Å². The molecule has 0 radical (unpaired) electrons. The van der Waals surface area contributed by atoms with Crippen LogP contribution in [-0.4, -0.2) is 47.8 Å². The van der Waals surface area contributed by atoms with Gasteiger partial charge in [-0.15, -0.1) is 0 Å². The van der Waals surface area contributed by atoms with E-state index in [0.717, 1.165) is 72.7 Å². The Morgan fingerprint density at radius 1 is 0.846 bits per heavy atom. The predicted molar refractivity (Wildman–Crippen MR) is 158 cm³/mol. The molecule has 1 saturated carbocycles. The van der Waals surface area contributed by atoms with Crippen molar-refractivity contribution in [3.63, 3.8) is 0 Å². The second-order valence-electron chi connectivity index (χ2n) is 11.0. The molecule has 1 aliphatic carbocycles. The van der Waals surface area contributed by atoms with Gasteiger partial charge in [0.1, 0.15) is 0 Å². The highest BCUT2D eigenvalue weighted by molar-refractivity contribution is 6.30. The van der Waals surface area contributed by atoms with E-state index in [1.54, 1.807) is 0 Å². The van der Waals surface area contributed by atoms with Crippen LogP contribution in [0.25, 0.3) is 0 Å². The van der Waals surface area contributed by atoms with Gasteiger partial charge in [-0.1, -0.05) is 71.8 Å². The monoisotopic (exact) mass is 543 g/mol. The summed E-state index contributed by atoms with van der Waals surface area (Å²) in [7, 11) is 0. The molecular weight excluding hydrogens is 506 g/mol. The zero-order valence-electron chi connectivity index (χ0n) is 22.8. The van der Waals surface area contributed by atoms with Gasteiger partial charge in [-0.05, 0) is 67.5 Å². The van der Waals surface area contributed by atoms with Gasteiger partial charge in [0.15, 0.2) is 0 Å². The van der Waals surface area contributed by atoms with Crippen molar-refractivity contribution in [1.82, 2.24) is 9.80 Å². The Bertz CT molecular complexity index is 1290. The van der Waals surface area contributed by atoms with Crippen LogP contribution in [0.4, 0.5) is 5.69 Å². The lowest BCUT2D eigenvalue weighted by Gasteiger charge is -2.32. The van der Waals surface area contributed by atoms with Crippen LogP contribution >= 0.6 is 11.6 Å². The Labute approximate surface area is 237 Å². The Morgan fingerprint density at radius 3 is 2.33 bits per heavy atom. The van der Waals surface area contributed by atoms with E-state index in [0.29, 0.717) is 26.1 Å². The largest absolute Gasteiger partial charge is 0.338 e. The molecule has 0 spiro atoms. The van der Waals surface area contributed by atoms with Gasteiger partial charge in [-0.25, -0.2) is 0 Å². The second kappa shape index (κ2) is 12.8. The van der Waals surface area contributed by atoms with Crippen LogP contribution in [0, 0.1) is 12.8 Å². The molecule has 2 aliphatic rings. The fourth-order valence-corrected chi connectivity index (χ4v) is 5.60. The summed E-state index contributed by atoms with van der Waals surface area (Å²) < 4.78 is 0. The van der Waals surface area contributed by atoms with E-state index in [1.807, 2.05) is 46.2 Å². The van der Waals surface area contributed by atoms with Gasteiger partial charge < -0.3 is 9.80 Å². The summed E-state index contributed by atoms with van der Waals surface area (Å²) in [5.74, 6) is 0.480. The summed E-state index contributed by atoms with van der Waals surface area (Å²) >= 11 is 6.12. The number of fused-ring (bicyclic) bond motifs is 1. The van der Waals surface area contributed by atoms with Crippen LogP contribution in [0.2, 0.25) is 5.02 Å². The quantitative estimate of drug-likeness (QED) is 0.381. The van der Waals surface area contributed by atoms with Crippen LogP contribution in [-0.2, 0) is 29.1 Å². The normalized spacial score (nSPS) is 17.2. The molecule has 5 nitrogen and oxygen atoms in total. The van der Waals surface area contributed by atoms with E-state index < -0.39 is 0 Å². The Balaban J connectivity index is 1.41. The fourth-order valence-electron chi connectivity index (χ4n) is 5.47. The van der Waals surface area contributed by atoms with Gasteiger partial charge >= 0.3 is 0 Å². The predicted octanol–water partition coefficient (Wildman–Crippen LogP) is 6.26. The number of hydrogen-bond donors (Lipinski definition) is 0. The lowest BCUT2D eigenvalue weighted by atomic mass is 10.1. The maximum atomic E-state index is 13.7. The highest BCUT2D eigenvalue weighted by Crippen LogP contribution is 2.34. The third kappa shape index (κ3) is 7.49. The molecule has 1 fully saturated rings. The summed E-state index contributed by atoms with van der Waals surface area (Å²) in [4.78, 5) is 33.5. The maximum Gasteiger partial charge on any atom is 0.230 e. The number of hydrogen-bond acceptors (Lipinski definition) is 3. The molecule has 1 aliphatic heterocycles. The van der Waals surface area contributed by atoms with Crippen molar-refractivity contribution in [1.29, 1.82) is 0 Å². The highest BCUT2D eigenvalue weighted by Gasteiger charge is 2.35. The maximum absolute atomic E-state index is 13.7. The number of nitrogens with zero attached hydrogens (tertiary/aromatic N) is 3. The molecule has 1 heterocycles. The Morgan fingerprint density at radius 2 is 1.59 bits per heavy atom. The van der Waals surface area contributed by atoms with Gasteiger partial charge in [-0.3, -0.25) is 14.5 Å². The lowest BCUT2D eigenvalue weighted by molar-refractivity contribution is -0.131. The Kier molecular flexibility index (Phi) is 9.00. The molecule has 3 aromatic rings. The van der Waals surface area contributed by atoms with Crippen molar-refractivity contribution >= 4 is 29.1 Å². The number of benzene rings is 3. The number of halogens is 1. The molecule has 39 heavy (non-hydrogen) atoms. The van der Waals surface area contributed by atoms with Crippen molar-refractivity contribution in [3.05, 3.63) is 100 Å². The van der Waals surface area contributed by atoms with Gasteiger partial charge in [0.2, 0.25) is 11.8 Å². The standard InChI is InChI=1S/C33H38ClN3O2/c1-25-7-4-8-27(21-25)22-32(38)36-19-5-17-35(23-26-11-15-30(34)16-12-26)18-6-20-37(33(39)28-13-14-28)31-10-3-2-9-29(31)24-36/h2-4,7-12,15-16,21,28H,5-6,13-14,17-20,22-24H2,1H3. The molecule has 0 bridgehead atoms. The number of rotatable bonds is 5. The van der Waals surface area contributed by atoms with E-state index in [1.165, 1.54) is 5.56 Å². The Hall–Kier alpha value is -3.15. The van der Waals surface area contributed by atoms with E-state index in [4.69, 9.17) is 11.6 Å². The molecule has 0 N–H and O–H groups in total. The molecule has 0 aromatic heterocycles. The zero-order chi connectivity index (χ0) is 27.2. The smallest absolute Gasteiger partial charge is 0.230 e. The summed E-state index contributed by atoms with van der Waals surface area (Å²) in [5, 5.41) is 0.739. The minimum atomic E-state index is 0.122. The first-order valence-corrected chi connectivity index (χ1v) is 14.5. The van der Waals surface area contributed by atoms with Crippen molar-refractivity contribution in [2.24, 2.45) is 5.92 Å². The van der Waals surface area contributed by atoms with Crippen molar-refractivity contribution in [2.45, 2.75) is 52.1 Å². The molecule has 0 atom stereocenters. The summed E-state index contributed by atoms with van der Waals surface area (Å²) in [6.45, 7) is 6.51. The van der Waals surface area contributed by atoms with Crippen LogP contribution in [0.1, 0.15) is 47.9 Å². The van der Waals surface area contributed by atoms with E-state index in [2.05, 4.69) is 48.2 Å². The van der Waals surface area contributed by atoms with Gasteiger partial charge in [0.05, 0.1) is 6.42 Å². The summed E-state index contributed by atoms with van der Waals surface area (Å²) in [6, 6.07) is 24.4. The minimum absolute atomic E-state index is 0.122. The molecule has 0 unspecified atom stereocenters. The average Bonchev–Trinajstić information content (AvgIpc) is 3.77. The van der Waals surface area contributed by atoms with E-state index in [-0.39, 0.29) is 17.7 Å². The first-order chi connectivity index (χ1) is 19.0. The molecule has 2 amide bonds. The second-order valence-corrected chi connectivity index (χ2v) is 11.4. The number of carbonyl (C=O) groups is 2. The topological polar surface area (TPSA) is 43.9 Å². The van der Waals surface area contributed by atoms with Crippen LogP contribution < -0.4 is 4.90 Å². The fraction of sp³-hybridized carbons (Fsp3) is 0.394. The number of aryl methyl sites for hydroxylation is 1. The average molecular weight is 544 g/mol. The molecular formula is C33H38ClN3O2. The third-order valence-electron chi connectivity index (χ3n) is 7.70. The van der Waals surface area contributed by atoms with Gasteiger partial charge in [-0.2, -0.15) is 0 Å². The molecule has 0 saturated heterocycles. The van der Waals surface area contributed by atoms with Crippen LogP contribution in [0.5, 0.6) is 0 Å². The third-order valence-corrected chi connectivity index (χ3v) is 7.96. The molecule has 3 aromatic carbocycles. The van der Waals surface area contributed by atoms with E-state index >= 15 is 0 Å². The van der Waals surface area contributed by atoms with Crippen LogP contribution in [0.3, 0.4) is 0 Å². The number of amides is 2. The van der Waals surface area contributed by atoms with Crippen LogP contribution in [0.15, 0.2) is 72.8 Å². The van der Waals surface area contributed by atoms with Crippen molar-refractivity contribution in [2.75, 3.05) is 31.1 Å². The lowest BCUT2D eigenvalue weighted by Crippen LogP contribution is -2.39. The minimum Gasteiger partial charge on any atom is -0.338 e. The first kappa shape index (κ1) is 27.4. The number of carbonyl (C=O) groups excluding carboxylic acids is 2. The molecule has 5 rings (SSSR count). The number of para-hydroxylation sites is 1. The van der Waals surface area contributed by atoms with Crippen molar-refractivity contribution in [3.8, 4) is 0 Å². The summed E-state index contributed by atoms with van der Waals surface area (Å²) in [5.41, 5.74) is 5.41. The van der Waals surface area contributed by atoms with Gasteiger partial charge in [0.25, 0.3) is 0 Å². The molecule has 204 valence electrons. The zero-order valence-corrected chi connectivity index (χ0v) is 23.6. The SMILES string of the molecule is Cc1cccc(CC(=O)N2CCCN(Cc3ccc(Cl)cc3)CCCN(C(=O)C3CC3)c3ccccc3C2)c1.